The molecule has 43 heavy (non-hydrogen) atoms. The second-order valence-corrected chi connectivity index (χ2v) is 12.3. The zero-order chi connectivity index (χ0) is 31.7. The van der Waals surface area contributed by atoms with Crippen LogP contribution < -0.4 is 0 Å². The van der Waals surface area contributed by atoms with Crippen LogP contribution in [0.2, 0.25) is 0 Å². The van der Waals surface area contributed by atoms with Gasteiger partial charge in [0.05, 0.1) is 39.6 Å². The maximum Gasteiger partial charge on any atom is 0.100 e. The van der Waals surface area contributed by atoms with E-state index in [2.05, 4.69) is 13.8 Å². The fourth-order valence-electron chi connectivity index (χ4n) is 5.04. The van der Waals surface area contributed by atoms with E-state index in [9.17, 15) is 0 Å². The Balaban J connectivity index is 0. The summed E-state index contributed by atoms with van der Waals surface area (Å²) < 4.78 is 17.0. The van der Waals surface area contributed by atoms with Gasteiger partial charge in [-0.1, -0.05) is 168 Å². The summed E-state index contributed by atoms with van der Waals surface area (Å²) in [5, 5.41) is 24.0. The summed E-state index contributed by atoms with van der Waals surface area (Å²) in [4.78, 5) is 0. The highest BCUT2D eigenvalue weighted by molar-refractivity contribution is 4.50. The third-order valence-electron chi connectivity index (χ3n) is 7.95. The van der Waals surface area contributed by atoms with Gasteiger partial charge in [0, 0.05) is 13.2 Å². The van der Waals surface area contributed by atoms with Crippen molar-refractivity contribution < 1.29 is 29.5 Å². The van der Waals surface area contributed by atoms with Crippen LogP contribution >= 0.6 is 0 Å². The largest absolute Gasteiger partial charge is 0.394 e. The number of unbranched alkanes of at least 4 members (excludes halogenated alkanes) is 24. The average molecular weight is 619 g/mol. The molecule has 0 aromatic rings. The molecule has 0 aliphatic carbocycles. The molecular formula is C37H78O6. The molecule has 0 bridgehead atoms. The van der Waals surface area contributed by atoms with Crippen molar-refractivity contribution >= 4 is 0 Å². The van der Waals surface area contributed by atoms with E-state index in [0.29, 0.717) is 13.2 Å². The van der Waals surface area contributed by atoms with Crippen molar-refractivity contribution in [1.82, 2.24) is 0 Å². The van der Waals surface area contributed by atoms with Crippen LogP contribution in [-0.4, -0.2) is 74.3 Å². The molecule has 0 unspecified atom stereocenters. The smallest absolute Gasteiger partial charge is 0.100 e. The van der Waals surface area contributed by atoms with Crippen LogP contribution in [0.3, 0.4) is 0 Å². The van der Waals surface area contributed by atoms with Crippen LogP contribution in [0.25, 0.3) is 0 Å². The molecule has 0 aliphatic rings. The third-order valence-corrected chi connectivity index (χ3v) is 7.95. The lowest BCUT2D eigenvalue weighted by atomic mass is 10.0. The molecule has 0 aliphatic heterocycles. The number of hydrogen-bond acceptors (Lipinski definition) is 6. The fraction of sp³-hybridized carbons (Fsp3) is 1.00. The Bertz CT molecular complexity index is 413. The Hall–Kier alpha value is -0.240. The topological polar surface area (TPSA) is 88.4 Å². The molecule has 6 nitrogen and oxygen atoms in total. The van der Waals surface area contributed by atoms with E-state index in [0.717, 1.165) is 26.4 Å². The van der Waals surface area contributed by atoms with Crippen LogP contribution in [0.1, 0.15) is 181 Å². The monoisotopic (exact) mass is 619 g/mol. The lowest BCUT2D eigenvalue weighted by molar-refractivity contribution is 0.0132. The zero-order valence-corrected chi connectivity index (χ0v) is 29.2. The first kappa shape index (κ1) is 44.9. The molecule has 0 heterocycles. The van der Waals surface area contributed by atoms with E-state index in [1.165, 1.54) is 167 Å². The van der Waals surface area contributed by atoms with Gasteiger partial charge in [-0.2, -0.15) is 0 Å². The average Bonchev–Trinajstić information content (AvgIpc) is 3.03. The minimum absolute atomic E-state index is 0.365. The quantitative estimate of drug-likeness (QED) is 0.0606. The Labute approximate surface area is 269 Å². The van der Waals surface area contributed by atoms with Gasteiger partial charge < -0.3 is 29.5 Å². The molecule has 262 valence electrons. The molecule has 0 radical (unpaired) electrons. The van der Waals surface area contributed by atoms with Crippen LogP contribution in [0.15, 0.2) is 0 Å². The molecule has 0 amide bonds. The molecule has 0 aromatic heterocycles. The van der Waals surface area contributed by atoms with E-state index in [1.54, 1.807) is 0 Å². The second kappa shape index (κ2) is 43.9. The Morgan fingerprint density at radius 2 is 0.535 bits per heavy atom. The molecule has 0 aromatic carbocycles. The molecule has 0 fully saturated rings. The van der Waals surface area contributed by atoms with E-state index in [-0.39, 0.29) is 13.2 Å². The van der Waals surface area contributed by atoms with E-state index >= 15 is 0 Å². The highest BCUT2D eigenvalue weighted by Crippen LogP contribution is 2.13. The first-order chi connectivity index (χ1) is 21.2. The molecule has 0 spiro atoms. The summed E-state index contributed by atoms with van der Waals surface area (Å²) in [6, 6.07) is 0. The van der Waals surface area contributed by atoms with Crippen LogP contribution in [0, 0.1) is 0 Å². The summed E-state index contributed by atoms with van der Waals surface area (Å²) in [5.41, 5.74) is 0. The van der Waals surface area contributed by atoms with Crippen LogP contribution in [-0.2, 0) is 14.2 Å². The number of aliphatic hydroxyl groups is 3. The van der Waals surface area contributed by atoms with Crippen LogP contribution in [0.5, 0.6) is 0 Å². The maximum absolute atomic E-state index is 8.17. The van der Waals surface area contributed by atoms with Crippen molar-refractivity contribution in [2.24, 2.45) is 0 Å². The van der Waals surface area contributed by atoms with Gasteiger partial charge in [-0.05, 0) is 12.8 Å². The van der Waals surface area contributed by atoms with Crippen molar-refractivity contribution in [3.05, 3.63) is 0 Å². The summed E-state index contributed by atoms with van der Waals surface area (Å²) in [7, 11) is 0. The van der Waals surface area contributed by atoms with E-state index in [1.807, 2.05) is 0 Å². The number of rotatable bonds is 36. The van der Waals surface area contributed by atoms with Crippen molar-refractivity contribution in [1.29, 1.82) is 0 Å². The van der Waals surface area contributed by atoms with Gasteiger partial charge in [0.1, 0.15) is 6.10 Å². The first-order valence-electron chi connectivity index (χ1n) is 18.9. The molecule has 3 N–H and O–H groups in total. The van der Waals surface area contributed by atoms with Gasteiger partial charge in [0.15, 0.2) is 0 Å². The summed E-state index contributed by atoms with van der Waals surface area (Å²) >= 11 is 0. The number of hydrogen-bond donors (Lipinski definition) is 3. The van der Waals surface area contributed by atoms with Gasteiger partial charge >= 0.3 is 0 Å². The summed E-state index contributed by atoms with van der Waals surface area (Å²) in [6.07, 6.45) is 35.3. The predicted molar refractivity (Wildman–Crippen MR) is 184 cm³/mol. The summed E-state index contributed by atoms with van der Waals surface area (Å²) in [5.74, 6) is 0. The van der Waals surface area contributed by atoms with Crippen molar-refractivity contribution in [2.45, 2.75) is 187 Å². The minimum atomic E-state index is -0.954. The Kier molecular flexibility index (Phi) is 45.8. The van der Waals surface area contributed by atoms with Gasteiger partial charge in [-0.15, -0.1) is 0 Å². The van der Waals surface area contributed by atoms with Gasteiger partial charge in [0.25, 0.3) is 0 Å². The molecule has 6 heteroatoms. The lowest BCUT2D eigenvalue weighted by Crippen LogP contribution is -2.15. The zero-order valence-electron chi connectivity index (χ0n) is 29.2. The maximum atomic E-state index is 8.17. The van der Waals surface area contributed by atoms with Crippen LogP contribution in [0.4, 0.5) is 0 Å². The Morgan fingerprint density at radius 1 is 0.326 bits per heavy atom. The molecule has 0 atom stereocenters. The molecule has 0 rings (SSSR count). The lowest BCUT2D eigenvalue weighted by Gasteiger charge is -2.07. The normalized spacial score (nSPS) is 11.3. The summed E-state index contributed by atoms with van der Waals surface area (Å²) in [6.45, 7) is 8.45. The van der Waals surface area contributed by atoms with Gasteiger partial charge in [-0.3, -0.25) is 0 Å². The van der Waals surface area contributed by atoms with E-state index in [4.69, 9.17) is 29.5 Å². The highest BCUT2D eigenvalue weighted by atomic mass is 16.5. The van der Waals surface area contributed by atoms with Crippen molar-refractivity contribution in [3.8, 4) is 0 Å². The first-order valence-corrected chi connectivity index (χ1v) is 18.9. The van der Waals surface area contributed by atoms with E-state index < -0.39 is 6.10 Å². The predicted octanol–water partition coefficient (Wildman–Crippen LogP) is 9.55. The van der Waals surface area contributed by atoms with Gasteiger partial charge in [-0.25, -0.2) is 0 Å². The fourth-order valence-corrected chi connectivity index (χ4v) is 5.04. The second-order valence-electron chi connectivity index (χ2n) is 12.3. The Morgan fingerprint density at radius 3 is 0.744 bits per heavy atom. The van der Waals surface area contributed by atoms with Crippen molar-refractivity contribution in [3.63, 3.8) is 0 Å². The number of ether oxygens (including phenoxy) is 3. The molecule has 0 saturated carbocycles. The third kappa shape index (κ3) is 46.3. The minimum Gasteiger partial charge on any atom is -0.394 e. The van der Waals surface area contributed by atoms with Crippen molar-refractivity contribution in [2.75, 3.05) is 52.9 Å². The standard InChI is InChI=1S/C34H70O3.C3H8O3/c1-3-5-7-9-11-13-15-17-19-21-23-25-27-29-35-31-33-37-34-32-36-30-28-26-24-22-20-18-16-14-12-10-8-6-4-2;4-1-3(6)2-5/h3-34H2,1-2H3;3-6H,1-2H2. The van der Waals surface area contributed by atoms with Gasteiger partial charge in [0.2, 0.25) is 0 Å². The SMILES string of the molecule is CCCCCCCCCCCCCCCOCCOCCOCCCCCCCCCCCCCCC.OCC(O)CO. The number of aliphatic hydroxyl groups excluding tert-OH is 3. The molecular weight excluding hydrogens is 540 g/mol. The highest BCUT2D eigenvalue weighted by Gasteiger charge is 1.97. The molecule has 0 saturated heterocycles.